The van der Waals surface area contributed by atoms with Crippen LogP contribution in [0.4, 0.5) is 0 Å². The van der Waals surface area contributed by atoms with Crippen molar-refractivity contribution in [1.29, 1.82) is 0 Å². The van der Waals surface area contributed by atoms with Crippen molar-refractivity contribution < 1.29 is 19.7 Å². The van der Waals surface area contributed by atoms with Crippen LogP contribution in [0.15, 0.2) is 42.2 Å². The Labute approximate surface area is 100 Å². The van der Waals surface area contributed by atoms with E-state index in [-0.39, 0.29) is 13.0 Å². The van der Waals surface area contributed by atoms with Gasteiger partial charge in [0.15, 0.2) is 5.76 Å². The van der Waals surface area contributed by atoms with Crippen LogP contribution in [0.2, 0.25) is 0 Å². The van der Waals surface area contributed by atoms with Gasteiger partial charge in [0.1, 0.15) is 11.9 Å². The van der Waals surface area contributed by atoms with Gasteiger partial charge in [0.05, 0.1) is 6.61 Å². The highest BCUT2D eigenvalue weighted by molar-refractivity contribution is 5.96. The van der Waals surface area contributed by atoms with E-state index in [0.717, 1.165) is 0 Å². The van der Waals surface area contributed by atoms with Gasteiger partial charge in [-0.05, 0) is 25.1 Å². The molecule has 0 aliphatic heterocycles. The van der Waals surface area contributed by atoms with Gasteiger partial charge in [-0.3, -0.25) is 4.79 Å². The molecule has 4 heteroatoms. The molecule has 0 fully saturated rings. The van der Waals surface area contributed by atoms with Crippen molar-refractivity contribution in [3.05, 3.63) is 42.2 Å². The smallest absolute Gasteiger partial charge is 0.225 e. The number of carbonyl (C=O) groups is 1. The van der Waals surface area contributed by atoms with Gasteiger partial charge in [0.25, 0.3) is 0 Å². The number of para-hydroxylation sites is 1. The second-order valence-corrected chi connectivity index (χ2v) is 3.50. The van der Waals surface area contributed by atoms with Crippen molar-refractivity contribution in [2.45, 2.75) is 19.4 Å². The predicted octanol–water partition coefficient (Wildman–Crippen LogP) is 1.85. The summed E-state index contributed by atoms with van der Waals surface area (Å²) < 4.78 is 5.33. The Bertz CT molecular complexity index is 384. The van der Waals surface area contributed by atoms with Gasteiger partial charge in [0.2, 0.25) is 5.78 Å². The molecule has 92 valence electrons. The lowest BCUT2D eigenvalue weighted by atomic mass is 10.1. The Kier molecular flexibility index (Phi) is 5.23. The zero-order valence-electron chi connectivity index (χ0n) is 9.67. The third-order valence-corrected chi connectivity index (χ3v) is 2.23. The lowest BCUT2D eigenvalue weighted by Crippen LogP contribution is -2.24. The topological polar surface area (TPSA) is 66.8 Å². The van der Waals surface area contributed by atoms with Crippen molar-refractivity contribution >= 4 is 5.78 Å². The Morgan fingerprint density at radius 3 is 2.65 bits per heavy atom. The van der Waals surface area contributed by atoms with Gasteiger partial charge in [-0.25, -0.2) is 0 Å². The molecule has 0 amide bonds. The molecule has 4 nitrogen and oxygen atoms in total. The summed E-state index contributed by atoms with van der Waals surface area (Å²) in [7, 11) is 0. The van der Waals surface area contributed by atoms with Crippen LogP contribution in [0.1, 0.15) is 13.3 Å². The SMILES string of the molecule is CC=C(O)C(=O)C(O)CCOc1ccccc1. The summed E-state index contributed by atoms with van der Waals surface area (Å²) in [4.78, 5) is 11.3. The highest BCUT2D eigenvalue weighted by atomic mass is 16.5. The molecule has 1 aromatic rings. The first kappa shape index (κ1) is 13.3. The average molecular weight is 236 g/mol. The van der Waals surface area contributed by atoms with E-state index >= 15 is 0 Å². The Balaban J connectivity index is 2.34. The Morgan fingerprint density at radius 2 is 2.06 bits per heavy atom. The molecule has 1 aromatic carbocycles. The van der Waals surface area contributed by atoms with E-state index in [1.165, 1.54) is 13.0 Å². The van der Waals surface area contributed by atoms with E-state index in [1.807, 2.05) is 18.2 Å². The Hall–Kier alpha value is -1.81. The number of benzene rings is 1. The average Bonchev–Trinajstić information content (AvgIpc) is 2.38. The van der Waals surface area contributed by atoms with E-state index in [9.17, 15) is 9.90 Å². The molecule has 2 N–H and O–H groups in total. The maximum atomic E-state index is 11.3. The zero-order chi connectivity index (χ0) is 12.7. The predicted molar refractivity (Wildman–Crippen MR) is 64.0 cm³/mol. The first-order valence-corrected chi connectivity index (χ1v) is 5.40. The van der Waals surface area contributed by atoms with Crippen LogP contribution >= 0.6 is 0 Å². The van der Waals surface area contributed by atoms with Crippen LogP contribution in [-0.2, 0) is 4.79 Å². The van der Waals surface area contributed by atoms with E-state index in [1.54, 1.807) is 12.1 Å². The quantitative estimate of drug-likeness (QED) is 0.584. The molecular formula is C13H16O4. The Morgan fingerprint density at radius 1 is 1.41 bits per heavy atom. The lowest BCUT2D eigenvalue weighted by molar-refractivity contribution is -0.126. The second-order valence-electron chi connectivity index (χ2n) is 3.50. The summed E-state index contributed by atoms with van der Waals surface area (Å²) in [6, 6.07) is 9.12. The van der Waals surface area contributed by atoms with Crippen molar-refractivity contribution in [3.63, 3.8) is 0 Å². The lowest BCUT2D eigenvalue weighted by Gasteiger charge is -2.10. The summed E-state index contributed by atoms with van der Waals surface area (Å²) in [5, 5.41) is 18.6. The summed E-state index contributed by atoms with van der Waals surface area (Å²) in [6.07, 6.45) is 0.171. The van der Waals surface area contributed by atoms with Crippen molar-refractivity contribution in [3.8, 4) is 5.75 Å². The number of ether oxygens (including phenoxy) is 1. The van der Waals surface area contributed by atoms with E-state index < -0.39 is 17.6 Å². The molecule has 1 unspecified atom stereocenters. The number of Topliss-reactive ketones (excluding diaryl/α,β-unsaturated/α-hetero) is 1. The molecular weight excluding hydrogens is 220 g/mol. The first-order valence-electron chi connectivity index (χ1n) is 5.40. The molecule has 0 bridgehead atoms. The minimum absolute atomic E-state index is 0.144. The number of hydrogen-bond donors (Lipinski definition) is 2. The first-order chi connectivity index (χ1) is 8.15. The van der Waals surface area contributed by atoms with E-state index in [0.29, 0.717) is 5.75 Å². The highest BCUT2D eigenvalue weighted by Crippen LogP contribution is 2.09. The minimum Gasteiger partial charge on any atom is -0.505 e. The van der Waals surface area contributed by atoms with Crippen LogP contribution < -0.4 is 4.74 Å². The van der Waals surface area contributed by atoms with E-state index in [4.69, 9.17) is 9.84 Å². The molecule has 0 saturated heterocycles. The van der Waals surface area contributed by atoms with Crippen molar-refractivity contribution in [2.24, 2.45) is 0 Å². The molecule has 17 heavy (non-hydrogen) atoms. The van der Waals surface area contributed by atoms with E-state index in [2.05, 4.69) is 0 Å². The summed E-state index contributed by atoms with van der Waals surface area (Å²) in [5.41, 5.74) is 0. The fourth-order valence-electron chi connectivity index (χ4n) is 1.25. The van der Waals surface area contributed by atoms with Gasteiger partial charge in [-0.1, -0.05) is 18.2 Å². The number of aliphatic hydroxyl groups excluding tert-OH is 2. The number of ketones is 1. The fraction of sp³-hybridized carbons (Fsp3) is 0.308. The number of aliphatic hydroxyl groups is 2. The maximum absolute atomic E-state index is 11.3. The number of hydrogen-bond acceptors (Lipinski definition) is 4. The van der Waals surface area contributed by atoms with Crippen molar-refractivity contribution in [2.75, 3.05) is 6.61 Å². The van der Waals surface area contributed by atoms with Gasteiger partial charge in [-0.15, -0.1) is 0 Å². The molecule has 0 aliphatic carbocycles. The zero-order valence-corrected chi connectivity index (χ0v) is 9.67. The van der Waals surface area contributed by atoms with Gasteiger partial charge in [0, 0.05) is 6.42 Å². The van der Waals surface area contributed by atoms with Gasteiger partial charge in [-0.2, -0.15) is 0 Å². The largest absolute Gasteiger partial charge is 0.505 e. The van der Waals surface area contributed by atoms with Gasteiger partial charge >= 0.3 is 0 Å². The molecule has 0 heterocycles. The van der Waals surface area contributed by atoms with Crippen LogP contribution in [0.3, 0.4) is 0 Å². The molecule has 0 aromatic heterocycles. The number of rotatable bonds is 6. The van der Waals surface area contributed by atoms with Crippen LogP contribution in [0, 0.1) is 0 Å². The third-order valence-electron chi connectivity index (χ3n) is 2.23. The summed E-state index contributed by atoms with van der Waals surface area (Å²) in [6.45, 7) is 1.74. The minimum atomic E-state index is -1.23. The number of allylic oxidation sites excluding steroid dienone is 1. The summed E-state index contributed by atoms with van der Waals surface area (Å²) >= 11 is 0. The monoisotopic (exact) mass is 236 g/mol. The van der Waals surface area contributed by atoms with Crippen LogP contribution in [0.25, 0.3) is 0 Å². The molecule has 1 rings (SSSR count). The maximum Gasteiger partial charge on any atom is 0.225 e. The summed E-state index contributed by atoms with van der Waals surface area (Å²) in [5.74, 6) is -0.413. The second kappa shape index (κ2) is 6.70. The van der Waals surface area contributed by atoms with Gasteiger partial charge < -0.3 is 14.9 Å². The normalized spacial score (nSPS) is 13.2. The standard InChI is InChI=1S/C13H16O4/c1-2-11(14)13(16)12(15)8-9-17-10-6-4-3-5-7-10/h2-7,12,14-15H,8-9H2,1H3. The fourth-order valence-corrected chi connectivity index (χ4v) is 1.25. The highest BCUT2D eigenvalue weighted by Gasteiger charge is 2.18. The molecule has 1 atom stereocenters. The molecule has 0 saturated carbocycles. The third kappa shape index (κ3) is 4.28. The molecule has 0 spiro atoms. The van der Waals surface area contributed by atoms with Crippen molar-refractivity contribution in [1.82, 2.24) is 0 Å². The van der Waals surface area contributed by atoms with Crippen LogP contribution in [-0.4, -0.2) is 28.7 Å². The molecule has 0 aliphatic rings. The number of carbonyl (C=O) groups excluding carboxylic acids is 1. The molecule has 0 radical (unpaired) electrons. The van der Waals surface area contributed by atoms with Crippen LogP contribution in [0.5, 0.6) is 5.75 Å².